The number of halogens is 3. The molecule has 0 aliphatic rings. The average Bonchev–Trinajstić information content (AvgIpc) is 2.94. The monoisotopic (exact) mass is 342 g/mol. The van der Waals surface area contributed by atoms with Crippen LogP contribution in [0.25, 0.3) is 0 Å². The lowest BCUT2D eigenvalue weighted by molar-refractivity contribution is -0.0328. The SMILES string of the molecule is CCCCCn1cncc1C(=O)c1ccc(SC(F)(F)F)cc1. The number of imidazole rings is 1. The van der Waals surface area contributed by atoms with E-state index in [1.54, 1.807) is 10.9 Å². The Hall–Kier alpha value is -1.76. The van der Waals surface area contributed by atoms with Gasteiger partial charge in [0.15, 0.2) is 0 Å². The molecule has 0 spiro atoms. The maximum absolute atomic E-state index is 12.5. The molecule has 1 aromatic carbocycles. The number of ketones is 1. The molecular weight excluding hydrogens is 325 g/mol. The zero-order chi connectivity index (χ0) is 16.9. The molecule has 0 atom stereocenters. The number of hydrogen-bond acceptors (Lipinski definition) is 3. The number of carbonyl (C=O) groups excluding carboxylic acids is 1. The summed E-state index contributed by atoms with van der Waals surface area (Å²) in [6.07, 6.45) is 6.20. The standard InChI is InChI=1S/C16H17F3N2OS/c1-2-3-4-9-21-11-20-10-14(21)15(22)12-5-7-13(8-6-12)23-16(17,18)19/h5-8,10-11H,2-4,9H2,1H3. The fourth-order valence-electron chi connectivity index (χ4n) is 2.18. The Labute approximate surface area is 136 Å². The summed E-state index contributed by atoms with van der Waals surface area (Å²) in [7, 11) is 0. The van der Waals surface area contributed by atoms with Crippen molar-refractivity contribution in [3.05, 3.63) is 48.0 Å². The summed E-state index contributed by atoms with van der Waals surface area (Å²) >= 11 is -0.193. The largest absolute Gasteiger partial charge is 0.446 e. The van der Waals surface area contributed by atoms with Crippen LogP contribution in [0, 0.1) is 0 Å². The first kappa shape index (κ1) is 17.6. The Morgan fingerprint density at radius 2 is 1.91 bits per heavy atom. The smallest absolute Gasteiger partial charge is 0.328 e. The Morgan fingerprint density at radius 1 is 1.22 bits per heavy atom. The topological polar surface area (TPSA) is 34.9 Å². The van der Waals surface area contributed by atoms with E-state index in [-0.39, 0.29) is 22.4 Å². The molecule has 23 heavy (non-hydrogen) atoms. The van der Waals surface area contributed by atoms with Crippen LogP contribution in [0.3, 0.4) is 0 Å². The minimum atomic E-state index is -4.33. The third kappa shape index (κ3) is 5.13. The number of alkyl halides is 3. The first-order valence-electron chi connectivity index (χ1n) is 7.31. The van der Waals surface area contributed by atoms with E-state index in [0.29, 0.717) is 17.8 Å². The van der Waals surface area contributed by atoms with E-state index in [9.17, 15) is 18.0 Å². The third-order valence-electron chi connectivity index (χ3n) is 3.30. The quantitative estimate of drug-likeness (QED) is 0.407. The molecule has 2 rings (SSSR count). The lowest BCUT2D eigenvalue weighted by Gasteiger charge is -2.08. The number of carbonyl (C=O) groups is 1. The zero-order valence-electron chi connectivity index (χ0n) is 12.6. The van der Waals surface area contributed by atoms with Crippen molar-refractivity contribution in [3.63, 3.8) is 0 Å². The molecule has 0 amide bonds. The van der Waals surface area contributed by atoms with E-state index in [2.05, 4.69) is 11.9 Å². The van der Waals surface area contributed by atoms with Crippen molar-refractivity contribution in [2.45, 2.75) is 43.1 Å². The van der Waals surface area contributed by atoms with Crippen molar-refractivity contribution in [2.75, 3.05) is 0 Å². The minimum Gasteiger partial charge on any atom is -0.328 e. The molecule has 0 bridgehead atoms. The number of rotatable bonds is 7. The second-order valence-electron chi connectivity index (χ2n) is 5.08. The van der Waals surface area contributed by atoms with Gasteiger partial charge in [0.2, 0.25) is 5.78 Å². The number of thioether (sulfide) groups is 1. The van der Waals surface area contributed by atoms with Gasteiger partial charge in [0.25, 0.3) is 0 Å². The molecule has 0 N–H and O–H groups in total. The van der Waals surface area contributed by atoms with Gasteiger partial charge in [-0.2, -0.15) is 13.2 Å². The normalized spacial score (nSPS) is 11.7. The second kappa shape index (κ2) is 7.68. The van der Waals surface area contributed by atoms with Crippen molar-refractivity contribution in [1.82, 2.24) is 9.55 Å². The van der Waals surface area contributed by atoms with E-state index in [1.165, 1.54) is 30.5 Å². The van der Waals surface area contributed by atoms with Gasteiger partial charge in [-0.1, -0.05) is 19.8 Å². The lowest BCUT2D eigenvalue weighted by Crippen LogP contribution is -2.10. The van der Waals surface area contributed by atoms with Gasteiger partial charge in [-0.15, -0.1) is 0 Å². The number of aromatic nitrogens is 2. The van der Waals surface area contributed by atoms with Crippen molar-refractivity contribution in [2.24, 2.45) is 0 Å². The summed E-state index contributed by atoms with van der Waals surface area (Å²) in [5.74, 6) is -0.234. The fourth-order valence-corrected chi connectivity index (χ4v) is 2.72. The molecule has 1 aromatic heterocycles. The summed E-state index contributed by atoms with van der Waals surface area (Å²) in [5.41, 5.74) is -3.52. The number of hydrogen-bond donors (Lipinski definition) is 0. The van der Waals surface area contributed by atoms with E-state index >= 15 is 0 Å². The van der Waals surface area contributed by atoms with Crippen LogP contribution < -0.4 is 0 Å². The molecule has 0 aliphatic carbocycles. The average molecular weight is 342 g/mol. The Balaban J connectivity index is 2.10. The van der Waals surface area contributed by atoms with E-state index < -0.39 is 5.51 Å². The van der Waals surface area contributed by atoms with Crippen LogP contribution in [-0.4, -0.2) is 20.8 Å². The molecule has 0 aliphatic heterocycles. The maximum Gasteiger partial charge on any atom is 0.446 e. The van der Waals surface area contributed by atoms with Crippen molar-refractivity contribution < 1.29 is 18.0 Å². The molecule has 2 aromatic rings. The third-order valence-corrected chi connectivity index (χ3v) is 4.04. The van der Waals surface area contributed by atoms with Crippen LogP contribution in [0.4, 0.5) is 13.2 Å². The molecule has 0 radical (unpaired) electrons. The molecule has 7 heteroatoms. The number of nitrogens with zero attached hydrogens (tertiary/aromatic N) is 2. The summed E-state index contributed by atoms with van der Waals surface area (Å²) in [6.45, 7) is 2.80. The van der Waals surface area contributed by atoms with E-state index in [0.717, 1.165) is 19.3 Å². The van der Waals surface area contributed by atoms with Gasteiger partial charge < -0.3 is 4.57 Å². The van der Waals surface area contributed by atoms with Gasteiger partial charge in [0.1, 0.15) is 5.69 Å². The van der Waals surface area contributed by atoms with Gasteiger partial charge in [0, 0.05) is 17.0 Å². The Bertz CT molecular complexity index is 650. The predicted molar refractivity (Wildman–Crippen MR) is 83.5 cm³/mol. The highest BCUT2D eigenvalue weighted by Crippen LogP contribution is 2.36. The first-order chi connectivity index (χ1) is 10.9. The molecule has 0 unspecified atom stereocenters. The van der Waals surface area contributed by atoms with E-state index in [4.69, 9.17) is 0 Å². The highest BCUT2D eigenvalue weighted by atomic mass is 32.2. The molecule has 0 saturated heterocycles. The maximum atomic E-state index is 12.5. The summed E-state index contributed by atoms with van der Waals surface area (Å²) in [5, 5.41) is 0. The van der Waals surface area contributed by atoms with Crippen LogP contribution >= 0.6 is 11.8 Å². The van der Waals surface area contributed by atoms with E-state index in [1.807, 2.05) is 0 Å². The molecule has 0 fully saturated rings. The Morgan fingerprint density at radius 3 is 2.52 bits per heavy atom. The zero-order valence-corrected chi connectivity index (χ0v) is 13.5. The molecule has 0 saturated carbocycles. The van der Waals surface area contributed by atoms with Crippen molar-refractivity contribution in [3.8, 4) is 0 Å². The summed E-state index contributed by atoms with van der Waals surface area (Å²) in [4.78, 5) is 16.5. The lowest BCUT2D eigenvalue weighted by atomic mass is 10.1. The van der Waals surface area contributed by atoms with Crippen molar-refractivity contribution in [1.29, 1.82) is 0 Å². The molecular formula is C16H17F3N2OS. The number of benzene rings is 1. The molecule has 124 valence electrons. The van der Waals surface area contributed by atoms with Gasteiger partial charge in [0.05, 0.1) is 12.5 Å². The Kier molecular flexibility index (Phi) is 5.87. The fraction of sp³-hybridized carbons (Fsp3) is 0.375. The number of aryl methyl sites for hydroxylation is 1. The van der Waals surface area contributed by atoms with Crippen LogP contribution in [-0.2, 0) is 6.54 Å². The highest BCUT2D eigenvalue weighted by molar-refractivity contribution is 8.00. The molecule has 3 nitrogen and oxygen atoms in total. The van der Waals surface area contributed by atoms with Crippen LogP contribution in [0.2, 0.25) is 0 Å². The van der Waals surface area contributed by atoms with Crippen LogP contribution in [0.5, 0.6) is 0 Å². The highest BCUT2D eigenvalue weighted by Gasteiger charge is 2.29. The van der Waals surface area contributed by atoms with Gasteiger partial charge in [-0.05, 0) is 42.4 Å². The minimum absolute atomic E-state index is 0.0607. The second-order valence-corrected chi connectivity index (χ2v) is 6.22. The first-order valence-corrected chi connectivity index (χ1v) is 8.13. The van der Waals surface area contributed by atoms with Gasteiger partial charge >= 0.3 is 5.51 Å². The van der Waals surface area contributed by atoms with Gasteiger partial charge in [-0.25, -0.2) is 4.98 Å². The summed E-state index contributed by atoms with van der Waals surface area (Å²) in [6, 6.07) is 5.45. The van der Waals surface area contributed by atoms with Crippen LogP contribution in [0.1, 0.15) is 42.2 Å². The van der Waals surface area contributed by atoms with Gasteiger partial charge in [-0.3, -0.25) is 4.79 Å². The summed E-state index contributed by atoms with van der Waals surface area (Å²) < 4.78 is 38.7. The molecule has 1 heterocycles. The van der Waals surface area contributed by atoms with Crippen molar-refractivity contribution >= 4 is 17.5 Å². The predicted octanol–water partition coefficient (Wildman–Crippen LogP) is 4.92. The number of unbranched alkanes of at least 4 members (excludes halogenated alkanes) is 2. The van der Waals surface area contributed by atoms with Crippen LogP contribution in [0.15, 0.2) is 41.7 Å².